The van der Waals surface area contributed by atoms with Crippen LogP contribution in [0, 0.1) is 0 Å². The van der Waals surface area contributed by atoms with Crippen molar-refractivity contribution < 1.29 is 9.59 Å². The number of aryl methyl sites for hydroxylation is 1. The summed E-state index contributed by atoms with van der Waals surface area (Å²) in [7, 11) is 0. The first kappa shape index (κ1) is 20.2. The van der Waals surface area contributed by atoms with Crippen molar-refractivity contribution >= 4 is 35.0 Å². The quantitative estimate of drug-likeness (QED) is 0.600. The molecule has 1 aliphatic rings. The van der Waals surface area contributed by atoms with Gasteiger partial charge >= 0.3 is 0 Å². The number of benzene rings is 3. The highest BCUT2D eigenvalue weighted by Gasteiger charge is 2.34. The Morgan fingerprint density at radius 3 is 2.47 bits per heavy atom. The normalized spacial score (nSPS) is 16.0. The van der Waals surface area contributed by atoms with E-state index in [2.05, 4.69) is 24.4 Å². The van der Waals surface area contributed by atoms with E-state index in [1.807, 2.05) is 71.6 Å². The van der Waals surface area contributed by atoms with Crippen LogP contribution in [0.3, 0.4) is 0 Å². The first-order valence-electron chi connectivity index (χ1n) is 10.1. The van der Waals surface area contributed by atoms with Crippen LogP contribution in [0.2, 0.25) is 0 Å². The molecule has 0 spiro atoms. The van der Waals surface area contributed by atoms with Gasteiger partial charge < -0.3 is 5.32 Å². The maximum absolute atomic E-state index is 12.6. The molecule has 2 amide bonds. The molecule has 1 heterocycles. The fourth-order valence-corrected chi connectivity index (χ4v) is 4.77. The molecule has 4 nitrogen and oxygen atoms in total. The van der Waals surface area contributed by atoms with Crippen molar-refractivity contribution in [2.75, 3.05) is 16.0 Å². The molecule has 1 fully saturated rings. The molecule has 0 saturated carbocycles. The highest BCUT2D eigenvalue weighted by Crippen LogP contribution is 2.42. The molecule has 1 N–H and O–H groups in total. The van der Waals surface area contributed by atoms with Crippen molar-refractivity contribution in [1.29, 1.82) is 0 Å². The van der Waals surface area contributed by atoms with E-state index < -0.39 is 0 Å². The Kier molecular flexibility index (Phi) is 6.19. The van der Waals surface area contributed by atoms with Crippen LogP contribution in [-0.2, 0) is 22.4 Å². The lowest BCUT2D eigenvalue weighted by Gasteiger charge is -2.25. The molecule has 0 aromatic heterocycles. The number of amides is 2. The van der Waals surface area contributed by atoms with Crippen molar-refractivity contribution in [3.05, 3.63) is 95.6 Å². The summed E-state index contributed by atoms with van der Waals surface area (Å²) >= 11 is 1.63. The van der Waals surface area contributed by atoms with Crippen LogP contribution in [0.1, 0.15) is 29.0 Å². The van der Waals surface area contributed by atoms with Crippen molar-refractivity contribution in [2.24, 2.45) is 0 Å². The summed E-state index contributed by atoms with van der Waals surface area (Å²) < 4.78 is 0. The van der Waals surface area contributed by atoms with Crippen molar-refractivity contribution in [2.45, 2.75) is 25.1 Å². The molecule has 3 aromatic rings. The lowest BCUT2D eigenvalue weighted by atomic mass is 10.1. The molecule has 0 aliphatic carbocycles. The van der Waals surface area contributed by atoms with Gasteiger partial charge in [-0.3, -0.25) is 14.5 Å². The predicted octanol–water partition coefficient (Wildman–Crippen LogP) is 5.21. The molecule has 3 aromatic carbocycles. The molecule has 30 heavy (non-hydrogen) atoms. The number of rotatable bonds is 6. The number of carbonyl (C=O) groups excluding carboxylic acids is 2. The Morgan fingerprint density at radius 2 is 1.73 bits per heavy atom. The Morgan fingerprint density at radius 1 is 1.00 bits per heavy atom. The van der Waals surface area contributed by atoms with Gasteiger partial charge in [0.15, 0.2) is 0 Å². The fraction of sp³-hybridized carbons (Fsp3) is 0.200. The number of nitrogens with zero attached hydrogens (tertiary/aromatic N) is 1. The molecule has 4 rings (SSSR count). The first-order valence-corrected chi connectivity index (χ1v) is 11.2. The number of hydrogen-bond donors (Lipinski definition) is 1. The summed E-state index contributed by atoms with van der Waals surface area (Å²) in [5.74, 6) is 0.548. The van der Waals surface area contributed by atoms with Crippen molar-refractivity contribution in [3.63, 3.8) is 0 Å². The topological polar surface area (TPSA) is 49.4 Å². The number of nitrogens with one attached hydrogen (secondary N) is 1. The minimum absolute atomic E-state index is 0.0441. The largest absolute Gasteiger partial charge is 0.326 e. The standard InChI is InChI=1S/C25H24N2O2S/c1-2-18-9-6-10-22(15-18)27-24(29)17-30-25(27)20-11-13-21(14-12-20)26-23(28)16-19-7-4-3-5-8-19/h3-15,25H,2,16-17H2,1H3,(H,26,28). The van der Waals surface area contributed by atoms with E-state index in [9.17, 15) is 9.59 Å². The van der Waals surface area contributed by atoms with Crippen molar-refractivity contribution in [1.82, 2.24) is 0 Å². The second kappa shape index (κ2) is 9.18. The first-order chi connectivity index (χ1) is 14.6. The molecule has 1 aliphatic heterocycles. The van der Waals surface area contributed by atoms with Crippen LogP contribution < -0.4 is 10.2 Å². The monoisotopic (exact) mass is 416 g/mol. The minimum Gasteiger partial charge on any atom is -0.326 e. The Hall–Kier alpha value is -3.05. The van der Waals surface area contributed by atoms with Gasteiger partial charge in [0.1, 0.15) is 5.37 Å². The summed E-state index contributed by atoms with van der Waals surface area (Å²) in [4.78, 5) is 26.8. The molecule has 1 unspecified atom stereocenters. The van der Waals surface area contributed by atoms with E-state index in [0.717, 1.165) is 28.9 Å². The SMILES string of the molecule is CCc1cccc(N2C(=O)CSC2c2ccc(NC(=O)Cc3ccccc3)cc2)c1. The van der Waals surface area contributed by atoms with Gasteiger partial charge in [0.25, 0.3) is 0 Å². The van der Waals surface area contributed by atoms with E-state index >= 15 is 0 Å². The van der Waals surface area contributed by atoms with E-state index in [1.165, 1.54) is 5.56 Å². The third-order valence-electron chi connectivity index (χ3n) is 5.15. The Balaban J connectivity index is 1.47. The summed E-state index contributed by atoms with van der Waals surface area (Å²) in [5, 5.41) is 2.89. The van der Waals surface area contributed by atoms with E-state index in [0.29, 0.717) is 12.2 Å². The van der Waals surface area contributed by atoms with Crippen LogP contribution >= 0.6 is 11.8 Å². The molecule has 152 valence electrons. The highest BCUT2D eigenvalue weighted by atomic mass is 32.2. The summed E-state index contributed by atoms with van der Waals surface area (Å²) in [5.41, 5.74) is 4.95. The van der Waals surface area contributed by atoms with Gasteiger partial charge in [0.2, 0.25) is 11.8 Å². The number of anilines is 2. The number of carbonyl (C=O) groups is 2. The van der Waals surface area contributed by atoms with E-state index in [4.69, 9.17) is 0 Å². The van der Waals surface area contributed by atoms with Crippen LogP contribution in [0.25, 0.3) is 0 Å². The maximum Gasteiger partial charge on any atom is 0.238 e. The van der Waals surface area contributed by atoms with Crippen LogP contribution in [0.4, 0.5) is 11.4 Å². The summed E-state index contributed by atoms with van der Waals surface area (Å²) in [6, 6.07) is 25.7. The average Bonchev–Trinajstić information content (AvgIpc) is 3.16. The fourth-order valence-electron chi connectivity index (χ4n) is 3.59. The molecular formula is C25H24N2O2S. The van der Waals surface area contributed by atoms with Gasteiger partial charge in [-0.25, -0.2) is 0 Å². The van der Waals surface area contributed by atoms with Crippen LogP contribution in [-0.4, -0.2) is 17.6 Å². The van der Waals surface area contributed by atoms with Gasteiger partial charge in [-0.05, 0) is 47.4 Å². The average molecular weight is 417 g/mol. The molecule has 0 bridgehead atoms. The zero-order valence-electron chi connectivity index (χ0n) is 16.9. The van der Waals surface area contributed by atoms with Gasteiger partial charge in [0, 0.05) is 11.4 Å². The molecule has 0 radical (unpaired) electrons. The zero-order chi connectivity index (χ0) is 20.9. The number of hydrogen-bond acceptors (Lipinski definition) is 3. The van der Waals surface area contributed by atoms with Gasteiger partial charge in [0.05, 0.1) is 12.2 Å². The maximum atomic E-state index is 12.6. The minimum atomic E-state index is -0.0568. The third kappa shape index (κ3) is 4.57. The Bertz CT molecular complexity index is 1030. The zero-order valence-corrected chi connectivity index (χ0v) is 17.7. The van der Waals surface area contributed by atoms with Gasteiger partial charge in [-0.15, -0.1) is 11.8 Å². The summed E-state index contributed by atoms with van der Waals surface area (Å²) in [6.45, 7) is 2.11. The second-order valence-corrected chi connectivity index (χ2v) is 8.35. The molecular weight excluding hydrogens is 392 g/mol. The van der Waals surface area contributed by atoms with Crippen molar-refractivity contribution in [3.8, 4) is 0 Å². The predicted molar refractivity (Wildman–Crippen MR) is 124 cm³/mol. The van der Waals surface area contributed by atoms with E-state index in [-0.39, 0.29) is 17.2 Å². The third-order valence-corrected chi connectivity index (χ3v) is 6.36. The van der Waals surface area contributed by atoms with Gasteiger partial charge in [-0.1, -0.05) is 61.5 Å². The lowest BCUT2D eigenvalue weighted by molar-refractivity contribution is -0.116. The highest BCUT2D eigenvalue weighted by molar-refractivity contribution is 8.00. The van der Waals surface area contributed by atoms with Crippen LogP contribution in [0.5, 0.6) is 0 Å². The smallest absolute Gasteiger partial charge is 0.238 e. The van der Waals surface area contributed by atoms with Crippen LogP contribution in [0.15, 0.2) is 78.9 Å². The molecule has 1 atom stereocenters. The van der Waals surface area contributed by atoms with Gasteiger partial charge in [-0.2, -0.15) is 0 Å². The Labute approximate surface area is 181 Å². The number of thioether (sulfide) groups is 1. The molecule has 1 saturated heterocycles. The lowest BCUT2D eigenvalue weighted by Crippen LogP contribution is -2.27. The molecule has 5 heteroatoms. The van der Waals surface area contributed by atoms with E-state index in [1.54, 1.807) is 11.8 Å². The second-order valence-electron chi connectivity index (χ2n) is 7.28. The summed E-state index contributed by atoms with van der Waals surface area (Å²) in [6.07, 6.45) is 1.28.